The number of benzene rings is 7. The number of fused-ring (bicyclic) bond motifs is 13. The second-order valence-electron chi connectivity index (χ2n) is 12.4. The molecule has 0 atom stereocenters. The SMILES string of the molecule is C#Cc1c(-n2c3cc4c(cc3c3ccc5oc6ccccc6c5c32)c2ccccc2n4-c2ccccc2)ccc2sc3ccccc3c12. The molecule has 222 valence electrons. The molecule has 11 rings (SSSR count). The summed E-state index contributed by atoms with van der Waals surface area (Å²) in [5, 5.41) is 9.31. The van der Waals surface area contributed by atoms with E-state index < -0.39 is 0 Å². The standard InChI is InChI=1S/C44H24N2OS/c1-2-27-35(21-23-41-42(27)31-16-8-11-19-40(31)48-41)46-37-25-36-32(28-14-6-9-17-34(28)45(36)26-12-4-3-5-13-26)24-33(37)29-20-22-39-43(44(29)46)30-15-7-10-18-38(30)47-39/h1,3-25H. The second kappa shape index (κ2) is 9.39. The summed E-state index contributed by atoms with van der Waals surface area (Å²) in [6.07, 6.45) is 6.50. The van der Waals surface area contributed by atoms with E-state index in [1.54, 1.807) is 11.3 Å². The van der Waals surface area contributed by atoms with Gasteiger partial charge >= 0.3 is 0 Å². The van der Waals surface area contributed by atoms with Gasteiger partial charge in [-0.1, -0.05) is 78.7 Å². The van der Waals surface area contributed by atoms with Crippen LogP contribution < -0.4 is 0 Å². The Bertz CT molecular complexity index is 3180. The Morgan fingerprint density at radius 3 is 2.10 bits per heavy atom. The van der Waals surface area contributed by atoms with Crippen LogP contribution in [-0.4, -0.2) is 9.13 Å². The molecule has 0 aliphatic carbocycles. The molecule has 3 nitrogen and oxygen atoms in total. The lowest BCUT2D eigenvalue weighted by Gasteiger charge is -2.13. The van der Waals surface area contributed by atoms with Crippen molar-refractivity contribution in [1.82, 2.24) is 9.13 Å². The van der Waals surface area contributed by atoms with Gasteiger partial charge in [-0.15, -0.1) is 17.8 Å². The van der Waals surface area contributed by atoms with Crippen LogP contribution in [0.3, 0.4) is 0 Å². The Morgan fingerprint density at radius 2 is 1.23 bits per heavy atom. The first-order valence-electron chi connectivity index (χ1n) is 16.1. The number of furan rings is 1. The Balaban J connectivity index is 1.39. The average Bonchev–Trinajstić information content (AvgIpc) is 3.88. The van der Waals surface area contributed by atoms with Crippen molar-refractivity contribution in [1.29, 1.82) is 0 Å². The zero-order valence-corrected chi connectivity index (χ0v) is 26.4. The van der Waals surface area contributed by atoms with Crippen LogP contribution in [0.4, 0.5) is 0 Å². The molecule has 4 heteroatoms. The first kappa shape index (κ1) is 25.9. The second-order valence-corrected chi connectivity index (χ2v) is 13.5. The van der Waals surface area contributed by atoms with E-state index >= 15 is 0 Å². The van der Waals surface area contributed by atoms with Gasteiger partial charge in [0.2, 0.25) is 0 Å². The predicted octanol–water partition coefficient (Wildman–Crippen LogP) is 12.1. The summed E-state index contributed by atoms with van der Waals surface area (Å²) in [5.41, 5.74) is 9.30. The molecule has 0 aliphatic rings. The Hall–Kier alpha value is -6.28. The van der Waals surface area contributed by atoms with Crippen molar-refractivity contribution < 1.29 is 4.42 Å². The van der Waals surface area contributed by atoms with Gasteiger partial charge in [0.05, 0.1) is 38.7 Å². The Labute approximate surface area is 278 Å². The molecule has 4 aromatic heterocycles. The van der Waals surface area contributed by atoms with E-state index in [9.17, 15) is 0 Å². The maximum absolute atomic E-state index is 6.50. The maximum Gasteiger partial charge on any atom is 0.137 e. The first-order valence-corrected chi connectivity index (χ1v) is 16.9. The van der Waals surface area contributed by atoms with Gasteiger partial charge in [0.15, 0.2) is 0 Å². The van der Waals surface area contributed by atoms with Crippen LogP contribution in [0.1, 0.15) is 5.56 Å². The van der Waals surface area contributed by atoms with Gasteiger partial charge in [0.25, 0.3) is 0 Å². The zero-order valence-electron chi connectivity index (χ0n) is 25.6. The van der Waals surface area contributed by atoms with Crippen molar-refractivity contribution in [3.63, 3.8) is 0 Å². The van der Waals surface area contributed by atoms with Crippen LogP contribution in [0, 0.1) is 12.3 Å². The topological polar surface area (TPSA) is 23.0 Å². The zero-order chi connectivity index (χ0) is 31.5. The highest BCUT2D eigenvalue weighted by molar-refractivity contribution is 7.25. The third kappa shape index (κ3) is 3.28. The highest BCUT2D eigenvalue weighted by Crippen LogP contribution is 2.46. The molecule has 7 aromatic carbocycles. The van der Waals surface area contributed by atoms with Gasteiger partial charge in [-0.25, -0.2) is 0 Å². The van der Waals surface area contributed by atoms with Gasteiger partial charge in [0, 0.05) is 52.8 Å². The van der Waals surface area contributed by atoms with Crippen LogP contribution >= 0.6 is 11.3 Å². The largest absolute Gasteiger partial charge is 0.456 e. The lowest BCUT2D eigenvalue weighted by molar-refractivity contribution is 0.669. The molecule has 4 heterocycles. The molecule has 48 heavy (non-hydrogen) atoms. The summed E-state index contributed by atoms with van der Waals surface area (Å²) in [4.78, 5) is 0. The molecule has 0 saturated heterocycles. The normalized spacial score (nSPS) is 12.1. The van der Waals surface area contributed by atoms with Gasteiger partial charge in [-0.2, -0.15) is 0 Å². The van der Waals surface area contributed by atoms with Crippen LogP contribution in [0.5, 0.6) is 0 Å². The van der Waals surface area contributed by atoms with E-state index in [0.29, 0.717) is 0 Å². The molecule has 0 bridgehead atoms. The van der Waals surface area contributed by atoms with Crippen LogP contribution in [0.15, 0.2) is 144 Å². The first-order chi connectivity index (χ1) is 23.8. The van der Waals surface area contributed by atoms with Crippen LogP contribution in [-0.2, 0) is 0 Å². The fourth-order valence-electron chi connectivity index (χ4n) is 8.02. The smallest absolute Gasteiger partial charge is 0.137 e. The van der Waals surface area contributed by atoms with Crippen molar-refractivity contribution >= 4 is 97.1 Å². The van der Waals surface area contributed by atoms with E-state index in [4.69, 9.17) is 10.8 Å². The summed E-state index contributed by atoms with van der Waals surface area (Å²) in [5.74, 6) is 3.17. The number of aromatic nitrogens is 2. The summed E-state index contributed by atoms with van der Waals surface area (Å²) in [6, 6.07) is 49.8. The number of rotatable bonds is 2. The number of hydrogen-bond acceptors (Lipinski definition) is 2. The lowest BCUT2D eigenvalue weighted by atomic mass is 10.0. The maximum atomic E-state index is 6.50. The van der Waals surface area contributed by atoms with Crippen molar-refractivity contribution in [2.75, 3.05) is 0 Å². The number of hydrogen-bond donors (Lipinski definition) is 0. The molecule has 0 N–H and O–H groups in total. The fraction of sp³-hybridized carbons (Fsp3) is 0. The van der Waals surface area contributed by atoms with Gasteiger partial charge < -0.3 is 13.6 Å². The predicted molar refractivity (Wildman–Crippen MR) is 203 cm³/mol. The molecular weight excluding hydrogens is 605 g/mol. The summed E-state index contributed by atoms with van der Waals surface area (Å²) < 4.78 is 13.7. The molecule has 0 spiro atoms. The minimum Gasteiger partial charge on any atom is -0.456 e. The fourth-order valence-corrected chi connectivity index (χ4v) is 9.13. The highest BCUT2D eigenvalue weighted by Gasteiger charge is 2.24. The summed E-state index contributed by atoms with van der Waals surface area (Å²) >= 11 is 1.79. The monoisotopic (exact) mass is 628 g/mol. The lowest BCUT2D eigenvalue weighted by Crippen LogP contribution is -1.99. The van der Waals surface area contributed by atoms with E-state index in [1.165, 1.54) is 41.8 Å². The quantitative estimate of drug-likeness (QED) is 0.175. The molecule has 0 radical (unpaired) electrons. The molecule has 0 unspecified atom stereocenters. The minimum atomic E-state index is 0.862. The van der Waals surface area contributed by atoms with E-state index in [0.717, 1.165) is 60.8 Å². The molecule has 0 fully saturated rings. The number of thiophene rings is 1. The van der Waals surface area contributed by atoms with Gasteiger partial charge in [0.1, 0.15) is 11.2 Å². The third-order valence-electron chi connectivity index (χ3n) is 9.98. The highest BCUT2D eigenvalue weighted by atomic mass is 32.1. The van der Waals surface area contributed by atoms with Gasteiger partial charge in [-0.3, -0.25) is 0 Å². The third-order valence-corrected chi connectivity index (χ3v) is 11.1. The summed E-state index contributed by atoms with van der Waals surface area (Å²) in [6.45, 7) is 0. The van der Waals surface area contributed by atoms with Gasteiger partial charge in [-0.05, 0) is 66.7 Å². The van der Waals surface area contributed by atoms with Crippen molar-refractivity contribution in [3.8, 4) is 23.7 Å². The Morgan fingerprint density at radius 1 is 0.500 bits per heavy atom. The molecular formula is C44H24N2OS. The molecule has 0 aliphatic heterocycles. The van der Waals surface area contributed by atoms with Crippen molar-refractivity contribution in [3.05, 3.63) is 145 Å². The van der Waals surface area contributed by atoms with Crippen LogP contribution in [0.2, 0.25) is 0 Å². The van der Waals surface area contributed by atoms with E-state index in [1.807, 2.05) is 12.1 Å². The van der Waals surface area contributed by atoms with Crippen LogP contribution in [0.25, 0.3) is 97.1 Å². The number of nitrogens with zero attached hydrogens (tertiary/aromatic N) is 2. The summed E-state index contributed by atoms with van der Waals surface area (Å²) in [7, 11) is 0. The molecule has 0 amide bonds. The number of para-hydroxylation sites is 3. The Kier molecular flexibility index (Phi) is 5.06. The minimum absolute atomic E-state index is 0.862. The van der Waals surface area contributed by atoms with E-state index in [2.05, 4.69) is 142 Å². The average molecular weight is 629 g/mol. The van der Waals surface area contributed by atoms with Crippen molar-refractivity contribution in [2.45, 2.75) is 0 Å². The molecule has 11 aromatic rings. The molecule has 0 saturated carbocycles. The van der Waals surface area contributed by atoms with Crippen molar-refractivity contribution in [2.24, 2.45) is 0 Å². The number of terminal acetylenes is 1. The van der Waals surface area contributed by atoms with E-state index in [-0.39, 0.29) is 0 Å².